The van der Waals surface area contributed by atoms with E-state index in [4.69, 9.17) is 16.7 Å². The Morgan fingerprint density at radius 3 is 2.80 bits per heavy atom. The van der Waals surface area contributed by atoms with Crippen LogP contribution in [0, 0.1) is 0 Å². The lowest BCUT2D eigenvalue weighted by atomic mass is 10.1. The number of piperazine rings is 1. The van der Waals surface area contributed by atoms with Gasteiger partial charge in [0.15, 0.2) is 5.16 Å². The summed E-state index contributed by atoms with van der Waals surface area (Å²) < 4.78 is 0. The van der Waals surface area contributed by atoms with Gasteiger partial charge in [-0.15, -0.1) is 0 Å². The summed E-state index contributed by atoms with van der Waals surface area (Å²) >= 11 is 7.09. The van der Waals surface area contributed by atoms with Gasteiger partial charge in [-0.05, 0) is 13.3 Å². The van der Waals surface area contributed by atoms with Gasteiger partial charge in [-0.2, -0.15) is 0 Å². The van der Waals surface area contributed by atoms with Gasteiger partial charge < -0.3 is 14.9 Å². The molecule has 1 aromatic heterocycles. The topological polar surface area (TPSA) is 86.6 Å². The molecule has 1 atom stereocenters. The Bertz CT molecular complexity index is 631. The number of anilines is 1. The average Bonchev–Trinajstić information content (AvgIpc) is 2.57. The quantitative estimate of drug-likeness (QED) is 0.437. The fraction of sp³-hybridized carbons (Fsp3) is 0.625. The maximum absolute atomic E-state index is 12.3. The van der Waals surface area contributed by atoms with Crippen molar-refractivity contribution in [3.63, 3.8) is 0 Å². The van der Waals surface area contributed by atoms with Crippen molar-refractivity contribution >= 4 is 41.1 Å². The van der Waals surface area contributed by atoms with Crippen LogP contribution in [0.2, 0.25) is 5.15 Å². The summed E-state index contributed by atoms with van der Waals surface area (Å²) in [5, 5.41) is 9.41. The number of nitrogens with zero attached hydrogens (tertiary/aromatic N) is 4. The fourth-order valence-corrected chi connectivity index (χ4v) is 3.55. The maximum atomic E-state index is 12.3. The Morgan fingerprint density at radius 1 is 1.40 bits per heavy atom. The lowest BCUT2D eigenvalue weighted by Crippen LogP contribution is -2.54. The van der Waals surface area contributed by atoms with Crippen LogP contribution in [-0.4, -0.2) is 63.3 Å². The molecule has 0 radical (unpaired) electrons. The molecule has 0 bridgehead atoms. The Kier molecular flexibility index (Phi) is 7.31. The van der Waals surface area contributed by atoms with Crippen molar-refractivity contribution < 1.29 is 14.7 Å². The number of unbranched alkanes of at least 4 members (excludes halogenated alkanes) is 1. The zero-order valence-corrected chi connectivity index (χ0v) is 16.0. The molecule has 0 aromatic carbocycles. The van der Waals surface area contributed by atoms with Crippen LogP contribution in [0.15, 0.2) is 11.2 Å². The van der Waals surface area contributed by atoms with Crippen LogP contribution in [0.1, 0.15) is 33.1 Å². The summed E-state index contributed by atoms with van der Waals surface area (Å²) in [7, 11) is 0. The number of carboxylic acids is 1. The van der Waals surface area contributed by atoms with Gasteiger partial charge in [0.25, 0.3) is 0 Å². The van der Waals surface area contributed by atoms with E-state index in [9.17, 15) is 9.59 Å². The number of carbonyl (C=O) groups is 2. The molecule has 1 amide bonds. The number of thioether (sulfide) groups is 1. The second-order valence-electron chi connectivity index (χ2n) is 6.00. The highest BCUT2D eigenvalue weighted by atomic mass is 35.5. The summed E-state index contributed by atoms with van der Waals surface area (Å²) in [4.78, 5) is 35.4. The zero-order valence-electron chi connectivity index (χ0n) is 14.4. The summed E-state index contributed by atoms with van der Waals surface area (Å²) in [6, 6.07) is 1.76. The molecular weight excluding hydrogens is 364 g/mol. The largest absolute Gasteiger partial charge is 0.481 e. The van der Waals surface area contributed by atoms with Crippen LogP contribution >= 0.6 is 23.4 Å². The van der Waals surface area contributed by atoms with Crippen molar-refractivity contribution in [2.75, 3.05) is 30.3 Å². The molecule has 1 aliphatic rings. The molecule has 2 rings (SSSR count). The fourth-order valence-electron chi connectivity index (χ4n) is 2.75. The number of aliphatic carboxylic acids is 1. The van der Waals surface area contributed by atoms with E-state index in [-0.39, 0.29) is 22.9 Å². The number of hydrogen-bond donors (Lipinski definition) is 1. The van der Waals surface area contributed by atoms with Crippen molar-refractivity contribution in [1.29, 1.82) is 0 Å². The predicted molar refractivity (Wildman–Crippen MR) is 98.3 cm³/mol. The summed E-state index contributed by atoms with van der Waals surface area (Å²) in [5.74, 6) is -0.175. The van der Waals surface area contributed by atoms with Gasteiger partial charge in [-0.3, -0.25) is 9.59 Å². The number of halogens is 1. The number of rotatable bonds is 7. The summed E-state index contributed by atoms with van der Waals surface area (Å²) in [6.45, 7) is 6.07. The Morgan fingerprint density at radius 2 is 2.16 bits per heavy atom. The second-order valence-corrected chi connectivity index (χ2v) is 7.33. The molecule has 1 aliphatic heterocycles. The monoisotopic (exact) mass is 386 g/mol. The SMILES string of the molecule is CCCCC(=O)N1CCN(c2cc(Cl)nc(SCC(=O)O)n2)C[C@@H]1C. The molecule has 2 heterocycles. The first-order valence-corrected chi connectivity index (χ1v) is 9.70. The van der Waals surface area contributed by atoms with Crippen molar-refractivity contribution in [3.8, 4) is 0 Å². The molecule has 1 N–H and O–H groups in total. The summed E-state index contributed by atoms with van der Waals surface area (Å²) in [6.07, 6.45) is 2.52. The second kappa shape index (κ2) is 9.24. The molecule has 0 saturated carbocycles. The molecule has 0 spiro atoms. The van der Waals surface area contributed by atoms with Crippen molar-refractivity contribution in [2.45, 2.75) is 44.3 Å². The van der Waals surface area contributed by atoms with Crippen LogP contribution in [-0.2, 0) is 9.59 Å². The smallest absolute Gasteiger partial charge is 0.313 e. The minimum absolute atomic E-state index is 0.0852. The van der Waals surface area contributed by atoms with E-state index >= 15 is 0 Å². The highest BCUT2D eigenvalue weighted by molar-refractivity contribution is 7.99. The minimum Gasteiger partial charge on any atom is -0.481 e. The van der Waals surface area contributed by atoms with Gasteiger partial charge in [-0.1, -0.05) is 36.7 Å². The molecule has 1 aromatic rings. The Hall–Kier alpha value is -1.54. The highest BCUT2D eigenvalue weighted by Gasteiger charge is 2.28. The van der Waals surface area contributed by atoms with Crippen LogP contribution in [0.3, 0.4) is 0 Å². The van der Waals surface area contributed by atoms with E-state index in [2.05, 4.69) is 21.8 Å². The van der Waals surface area contributed by atoms with Gasteiger partial charge in [0.1, 0.15) is 11.0 Å². The molecule has 7 nitrogen and oxygen atoms in total. The van der Waals surface area contributed by atoms with Crippen molar-refractivity contribution in [2.24, 2.45) is 0 Å². The Labute approximate surface area is 156 Å². The van der Waals surface area contributed by atoms with Crippen molar-refractivity contribution in [3.05, 3.63) is 11.2 Å². The lowest BCUT2D eigenvalue weighted by Gasteiger charge is -2.40. The van der Waals surface area contributed by atoms with E-state index in [0.717, 1.165) is 24.6 Å². The molecule has 25 heavy (non-hydrogen) atoms. The van der Waals surface area contributed by atoms with Gasteiger partial charge >= 0.3 is 5.97 Å². The third kappa shape index (κ3) is 5.74. The number of hydrogen-bond acceptors (Lipinski definition) is 6. The normalized spacial score (nSPS) is 17.6. The van der Waals surface area contributed by atoms with Gasteiger partial charge in [0, 0.05) is 38.2 Å². The third-order valence-corrected chi connectivity index (χ3v) is 5.03. The van der Waals surface area contributed by atoms with E-state index in [1.165, 1.54) is 0 Å². The first kappa shape index (κ1) is 19.8. The highest BCUT2D eigenvalue weighted by Crippen LogP contribution is 2.24. The average molecular weight is 387 g/mol. The molecule has 0 unspecified atom stereocenters. The number of aromatic nitrogens is 2. The molecule has 1 fully saturated rings. The van der Waals surface area contributed by atoms with Crippen LogP contribution < -0.4 is 4.90 Å². The van der Waals surface area contributed by atoms with E-state index in [1.54, 1.807) is 6.07 Å². The van der Waals surface area contributed by atoms with Gasteiger partial charge in [-0.25, -0.2) is 9.97 Å². The predicted octanol–water partition coefficient (Wildman–Crippen LogP) is 2.53. The molecule has 0 aliphatic carbocycles. The van der Waals surface area contributed by atoms with Crippen LogP contribution in [0.25, 0.3) is 0 Å². The first-order valence-electron chi connectivity index (χ1n) is 8.34. The third-order valence-electron chi connectivity index (χ3n) is 4.00. The molecular formula is C16H23ClN4O3S. The summed E-state index contributed by atoms with van der Waals surface area (Å²) in [5.41, 5.74) is 0. The number of carbonyl (C=O) groups excluding carboxylic acids is 1. The molecule has 9 heteroatoms. The number of carboxylic acid groups (broad SMARTS) is 1. The Balaban J connectivity index is 2.03. The lowest BCUT2D eigenvalue weighted by molar-refractivity contribution is -0.134. The van der Waals surface area contributed by atoms with E-state index < -0.39 is 5.97 Å². The van der Waals surface area contributed by atoms with Crippen LogP contribution in [0.4, 0.5) is 5.82 Å². The minimum atomic E-state index is -0.928. The maximum Gasteiger partial charge on any atom is 0.313 e. The molecule has 1 saturated heterocycles. The van der Waals surface area contributed by atoms with Gasteiger partial charge in [0.2, 0.25) is 5.91 Å². The van der Waals surface area contributed by atoms with E-state index in [0.29, 0.717) is 37.0 Å². The molecule has 138 valence electrons. The van der Waals surface area contributed by atoms with Crippen molar-refractivity contribution in [1.82, 2.24) is 14.9 Å². The van der Waals surface area contributed by atoms with Crippen LogP contribution in [0.5, 0.6) is 0 Å². The standard InChI is InChI=1S/C16H23ClN4O3S/c1-3-4-5-14(22)21-7-6-20(9-11(21)2)13-8-12(17)18-16(19-13)25-10-15(23)24/h8,11H,3-7,9-10H2,1-2H3,(H,23,24)/t11-/m0/s1. The first-order chi connectivity index (χ1) is 11.9. The van der Waals surface area contributed by atoms with Gasteiger partial charge in [0.05, 0.1) is 5.75 Å². The zero-order chi connectivity index (χ0) is 18.4. The number of amides is 1. The van der Waals surface area contributed by atoms with E-state index in [1.807, 2.05) is 11.8 Å².